The lowest BCUT2D eigenvalue weighted by atomic mass is 10.1. The van der Waals surface area contributed by atoms with Crippen LogP contribution in [0, 0.1) is 0 Å². The minimum Gasteiger partial charge on any atom is -0.368 e. The Kier molecular flexibility index (Phi) is 1.59. The summed E-state index contributed by atoms with van der Waals surface area (Å²) in [6.45, 7) is 0. The number of hydrogen-bond donors (Lipinski definition) is 1. The lowest BCUT2D eigenvalue weighted by Gasteiger charge is -1.93. The second-order valence-electron chi connectivity index (χ2n) is 3.45. The van der Waals surface area contributed by atoms with Crippen molar-refractivity contribution >= 4 is 16.9 Å². The smallest absolute Gasteiger partial charge is 0.220 e. The van der Waals surface area contributed by atoms with E-state index in [1.165, 1.54) is 0 Å². The van der Waals surface area contributed by atoms with Crippen LogP contribution >= 0.6 is 0 Å². The van der Waals surface area contributed by atoms with Gasteiger partial charge in [0, 0.05) is 11.6 Å². The highest BCUT2D eigenvalue weighted by molar-refractivity contribution is 5.99. The molecule has 3 heteroatoms. The maximum Gasteiger partial charge on any atom is 0.220 e. The Balaban J connectivity index is 2.47. The molecular formula is C12H9N3. The minimum absolute atomic E-state index is 0.321. The van der Waals surface area contributed by atoms with Crippen molar-refractivity contribution in [3.8, 4) is 11.1 Å². The summed E-state index contributed by atoms with van der Waals surface area (Å²) in [7, 11) is 0. The van der Waals surface area contributed by atoms with E-state index < -0.39 is 0 Å². The summed E-state index contributed by atoms with van der Waals surface area (Å²) in [4.78, 5) is 8.22. The van der Waals surface area contributed by atoms with Crippen LogP contribution in [0.5, 0.6) is 0 Å². The van der Waals surface area contributed by atoms with Gasteiger partial charge in [-0.3, -0.25) is 0 Å². The lowest BCUT2D eigenvalue weighted by molar-refractivity contribution is 1.24. The second-order valence-corrected chi connectivity index (χ2v) is 3.45. The maximum atomic E-state index is 5.55. The largest absolute Gasteiger partial charge is 0.368 e. The van der Waals surface area contributed by atoms with E-state index in [1.807, 2.05) is 24.3 Å². The number of anilines is 1. The fourth-order valence-electron chi connectivity index (χ4n) is 1.81. The molecule has 1 aromatic rings. The lowest BCUT2D eigenvalue weighted by Crippen LogP contribution is -1.92. The van der Waals surface area contributed by atoms with Gasteiger partial charge in [0.1, 0.15) is 0 Å². The van der Waals surface area contributed by atoms with E-state index in [0.717, 1.165) is 22.0 Å². The third-order valence-corrected chi connectivity index (χ3v) is 2.49. The molecule has 0 bridgehead atoms. The summed E-state index contributed by atoms with van der Waals surface area (Å²) in [6, 6.07) is 12.2. The zero-order valence-corrected chi connectivity index (χ0v) is 8.01. The molecule has 3 rings (SSSR count). The van der Waals surface area contributed by atoms with Crippen molar-refractivity contribution in [2.24, 2.45) is 0 Å². The van der Waals surface area contributed by atoms with Gasteiger partial charge < -0.3 is 5.73 Å². The Labute approximate surface area is 86.9 Å². The van der Waals surface area contributed by atoms with E-state index in [-0.39, 0.29) is 0 Å². The van der Waals surface area contributed by atoms with Crippen molar-refractivity contribution in [3.05, 3.63) is 42.6 Å². The highest BCUT2D eigenvalue weighted by atomic mass is 15.0. The molecule has 0 spiro atoms. The molecule has 0 atom stereocenters. The number of nitrogens with zero attached hydrogens (tertiary/aromatic N) is 2. The van der Waals surface area contributed by atoms with E-state index in [2.05, 4.69) is 22.1 Å². The number of nitrogens with two attached hydrogens (primary N) is 1. The van der Waals surface area contributed by atoms with Crippen molar-refractivity contribution in [1.29, 1.82) is 0 Å². The summed E-state index contributed by atoms with van der Waals surface area (Å²) in [5, 5.41) is 1.05. The quantitative estimate of drug-likeness (QED) is 0.599. The molecular weight excluding hydrogens is 186 g/mol. The molecule has 0 saturated heterocycles. The van der Waals surface area contributed by atoms with E-state index in [1.54, 1.807) is 6.20 Å². The Morgan fingerprint density at radius 2 is 1.93 bits per heavy atom. The SMILES string of the molecule is Nc1ncc2c3cccccc-3cc2n1. The Morgan fingerprint density at radius 3 is 2.87 bits per heavy atom. The van der Waals surface area contributed by atoms with Crippen molar-refractivity contribution in [3.63, 3.8) is 0 Å². The second kappa shape index (κ2) is 2.92. The summed E-state index contributed by atoms with van der Waals surface area (Å²) < 4.78 is 0. The van der Waals surface area contributed by atoms with Gasteiger partial charge in [-0.2, -0.15) is 0 Å². The molecule has 0 aromatic carbocycles. The van der Waals surface area contributed by atoms with E-state index in [4.69, 9.17) is 5.73 Å². The molecule has 2 aliphatic rings. The molecule has 1 heterocycles. The van der Waals surface area contributed by atoms with Crippen LogP contribution < -0.4 is 5.73 Å². The Hall–Kier alpha value is -2.16. The average Bonchev–Trinajstić information content (AvgIpc) is 2.42. The third-order valence-electron chi connectivity index (χ3n) is 2.49. The van der Waals surface area contributed by atoms with Crippen LogP contribution in [-0.2, 0) is 0 Å². The number of hydrogen-bond acceptors (Lipinski definition) is 3. The molecule has 2 N–H and O–H groups in total. The number of rotatable bonds is 0. The van der Waals surface area contributed by atoms with Gasteiger partial charge in [-0.25, -0.2) is 9.97 Å². The third kappa shape index (κ3) is 1.21. The zero-order valence-electron chi connectivity index (χ0n) is 8.01. The fourth-order valence-corrected chi connectivity index (χ4v) is 1.81. The van der Waals surface area contributed by atoms with Gasteiger partial charge in [-0.15, -0.1) is 0 Å². The standard InChI is InChI=1S/C12H9N3/c13-12-14-7-10-9-5-3-1-2-4-8(9)6-11(10)15-12/h1-7H,(H2,13,14,15). The summed E-state index contributed by atoms with van der Waals surface area (Å²) in [6.07, 6.45) is 1.78. The normalized spacial score (nSPS) is 10.9. The molecule has 2 aliphatic carbocycles. The van der Waals surface area contributed by atoms with Crippen LogP contribution in [0.2, 0.25) is 0 Å². The number of nitrogen functional groups attached to an aromatic ring is 1. The highest BCUT2D eigenvalue weighted by Gasteiger charge is 2.09. The fraction of sp³-hybridized carbons (Fsp3) is 0. The molecule has 0 unspecified atom stereocenters. The van der Waals surface area contributed by atoms with Gasteiger partial charge in [-0.05, 0) is 17.2 Å². The van der Waals surface area contributed by atoms with Crippen molar-refractivity contribution in [2.75, 3.05) is 5.73 Å². The van der Waals surface area contributed by atoms with Crippen LogP contribution in [0.15, 0.2) is 42.6 Å². The Bertz CT molecular complexity index is 604. The van der Waals surface area contributed by atoms with Gasteiger partial charge in [-0.1, -0.05) is 30.3 Å². The molecule has 0 radical (unpaired) electrons. The van der Waals surface area contributed by atoms with Crippen LogP contribution in [0.4, 0.5) is 5.95 Å². The van der Waals surface area contributed by atoms with Gasteiger partial charge in [0.25, 0.3) is 0 Å². The minimum atomic E-state index is 0.321. The molecule has 0 aliphatic heterocycles. The van der Waals surface area contributed by atoms with Crippen LogP contribution in [0.3, 0.4) is 0 Å². The zero-order chi connectivity index (χ0) is 10.3. The molecule has 0 saturated carbocycles. The van der Waals surface area contributed by atoms with Crippen LogP contribution in [-0.4, -0.2) is 9.97 Å². The summed E-state index contributed by atoms with van der Waals surface area (Å²) >= 11 is 0. The van der Waals surface area contributed by atoms with E-state index in [9.17, 15) is 0 Å². The molecule has 15 heavy (non-hydrogen) atoms. The van der Waals surface area contributed by atoms with Gasteiger partial charge in [0.05, 0.1) is 5.52 Å². The van der Waals surface area contributed by atoms with Crippen molar-refractivity contribution in [2.45, 2.75) is 0 Å². The van der Waals surface area contributed by atoms with E-state index in [0.29, 0.717) is 5.95 Å². The van der Waals surface area contributed by atoms with Crippen molar-refractivity contribution < 1.29 is 0 Å². The first kappa shape index (κ1) is 8.17. The first-order chi connectivity index (χ1) is 7.34. The molecule has 3 nitrogen and oxygen atoms in total. The monoisotopic (exact) mass is 195 g/mol. The Morgan fingerprint density at radius 1 is 1.07 bits per heavy atom. The molecule has 1 aromatic heterocycles. The summed E-state index contributed by atoms with van der Waals surface area (Å²) in [5.41, 5.74) is 8.78. The highest BCUT2D eigenvalue weighted by Crippen LogP contribution is 2.31. The molecule has 0 amide bonds. The van der Waals surface area contributed by atoms with Crippen LogP contribution in [0.1, 0.15) is 0 Å². The van der Waals surface area contributed by atoms with Crippen LogP contribution in [0.25, 0.3) is 22.0 Å². The first-order valence-electron chi connectivity index (χ1n) is 4.74. The van der Waals surface area contributed by atoms with Gasteiger partial charge in [0.15, 0.2) is 0 Å². The molecule has 0 fully saturated rings. The average molecular weight is 195 g/mol. The predicted molar refractivity (Wildman–Crippen MR) is 60.6 cm³/mol. The maximum absolute atomic E-state index is 5.55. The van der Waals surface area contributed by atoms with Gasteiger partial charge in [0.2, 0.25) is 5.95 Å². The first-order valence-corrected chi connectivity index (χ1v) is 4.74. The molecule has 72 valence electrons. The predicted octanol–water partition coefficient (Wildman–Crippen LogP) is 2.32. The van der Waals surface area contributed by atoms with Gasteiger partial charge >= 0.3 is 0 Å². The topological polar surface area (TPSA) is 51.8 Å². The number of aromatic nitrogens is 2. The van der Waals surface area contributed by atoms with Crippen molar-refractivity contribution in [1.82, 2.24) is 9.97 Å². The van der Waals surface area contributed by atoms with E-state index >= 15 is 0 Å². The summed E-state index contributed by atoms with van der Waals surface area (Å²) in [5.74, 6) is 0.321. The number of fused-ring (bicyclic) bond motifs is 3.